The summed E-state index contributed by atoms with van der Waals surface area (Å²) in [5.74, 6) is 1.17. The lowest BCUT2D eigenvalue weighted by atomic mass is 10.2. The Kier molecular flexibility index (Phi) is 3.63. The first-order valence-electron chi connectivity index (χ1n) is 7.36. The van der Waals surface area contributed by atoms with Gasteiger partial charge in [-0.25, -0.2) is 4.98 Å². The molecule has 0 bridgehead atoms. The number of halogens is 1. The molecule has 0 aliphatic carbocycles. The number of rotatable bonds is 3. The van der Waals surface area contributed by atoms with E-state index in [1.807, 2.05) is 30.3 Å². The third-order valence-electron chi connectivity index (χ3n) is 3.73. The molecule has 4 aromatic rings. The topological polar surface area (TPSA) is 60.9 Å². The highest BCUT2D eigenvalue weighted by Crippen LogP contribution is 2.22. The summed E-state index contributed by atoms with van der Waals surface area (Å²) in [4.78, 5) is 16.2. The van der Waals surface area contributed by atoms with E-state index >= 15 is 0 Å². The van der Waals surface area contributed by atoms with Crippen LogP contribution >= 0.6 is 11.6 Å². The number of hydrogen-bond donors (Lipinski definition) is 0. The number of hydrogen-bond acceptors (Lipinski definition) is 4. The van der Waals surface area contributed by atoms with Crippen LogP contribution in [0.2, 0.25) is 5.02 Å². The molecule has 4 rings (SSSR count). The van der Waals surface area contributed by atoms with E-state index in [0.29, 0.717) is 28.6 Å². The van der Waals surface area contributed by atoms with Crippen molar-refractivity contribution >= 4 is 22.5 Å². The van der Waals surface area contributed by atoms with Crippen LogP contribution in [0.4, 0.5) is 0 Å². The van der Waals surface area contributed by atoms with Crippen LogP contribution in [-0.4, -0.2) is 14.8 Å². The molecule has 6 heteroatoms. The molecule has 118 valence electrons. The molecule has 5 nitrogen and oxygen atoms in total. The van der Waals surface area contributed by atoms with Crippen molar-refractivity contribution in [3.05, 3.63) is 82.1 Å². The maximum atomic E-state index is 11.9. The van der Waals surface area contributed by atoms with Gasteiger partial charge in [-0.05, 0) is 36.4 Å². The fourth-order valence-corrected chi connectivity index (χ4v) is 2.67. The van der Waals surface area contributed by atoms with Crippen LogP contribution in [0.25, 0.3) is 22.2 Å². The van der Waals surface area contributed by atoms with Crippen LogP contribution in [0.5, 0.6) is 0 Å². The molecular weight excluding hydrogens is 326 g/mol. The molecule has 0 aliphatic heterocycles. The van der Waals surface area contributed by atoms with Crippen LogP contribution < -0.4 is 5.43 Å². The first-order chi connectivity index (χ1) is 11.7. The van der Waals surface area contributed by atoms with Crippen molar-refractivity contribution in [2.45, 2.75) is 6.54 Å². The number of oxazole rings is 1. The number of aromatic nitrogens is 3. The fourth-order valence-electron chi connectivity index (χ4n) is 2.55. The minimum absolute atomic E-state index is 0.101. The minimum Gasteiger partial charge on any atom is -0.439 e. The first-order valence-corrected chi connectivity index (χ1v) is 7.74. The van der Waals surface area contributed by atoms with Crippen LogP contribution in [0, 0.1) is 0 Å². The third kappa shape index (κ3) is 2.70. The highest BCUT2D eigenvalue weighted by Gasteiger charge is 2.09. The van der Waals surface area contributed by atoms with Gasteiger partial charge in [0.25, 0.3) is 0 Å². The normalized spacial score (nSPS) is 11.0. The summed E-state index contributed by atoms with van der Waals surface area (Å²) in [5.41, 5.74) is 1.54. The van der Waals surface area contributed by atoms with Gasteiger partial charge in [0.05, 0.1) is 17.9 Å². The van der Waals surface area contributed by atoms with Crippen molar-refractivity contribution in [2.75, 3.05) is 0 Å². The van der Waals surface area contributed by atoms with E-state index in [0.717, 1.165) is 11.1 Å². The summed E-state index contributed by atoms with van der Waals surface area (Å²) in [7, 11) is 0. The van der Waals surface area contributed by atoms with Crippen molar-refractivity contribution in [3.63, 3.8) is 0 Å². The first kappa shape index (κ1) is 14.7. The molecule has 2 heterocycles. The average Bonchev–Trinajstić information content (AvgIpc) is 3.07. The number of benzene rings is 2. The van der Waals surface area contributed by atoms with Gasteiger partial charge in [0.2, 0.25) is 11.3 Å². The Labute approximate surface area is 142 Å². The van der Waals surface area contributed by atoms with E-state index in [4.69, 9.17) is 16.0 Å². The van der Waals surface area contributed by atoms with Gasteiger partial charge in [-0.1, -0.05) is 23.7 Å². The Morgan fingerprint density at radius 3 is 2.67 bits per heavy atom. The third-order valence-corrected chi connectivity index (χ3v) is 3.98. The zero-order valence-electron chi connectivity index (χ0n) is 12.5. The van der Waals surface area contributed by atoms with Crippen LogP contribution in [0.1, 0.15) is 5.89 Å². The largest absolute Gasteiger partial charge is 0.439 e. The summed E-state index contributed by atoms with van der Waals surface area (Å²) in [6.45, 7) is 0.342. The zero-order valence-corrected chi connectivity index (χ0v) is 13.3. The molecule has 0 unspecified atom stereocenters. The molecule has 0 saturated heterocycles. The van der Waals surface area contributed by atoms with E-state index in [9.17, 15) is 4.79 Å². The highest BCUT2D eigenvalue weighted by atomic mass is 35.5. The van der Waals surface area contributed by atoms with Crippen molar-refractivity contribution in [1.82, 2.24) is 14.8 Å². The zero-order chi connectivity index (χ0) is 16.5. The molecule has 0 amide bonds. The Hall–Kier alpha value is -2.92. The van der Waals surface area contributed by atoms with Crippen molar-refractivity contribution in [1.29, 1.82) is 0 Å². The summed E-state index contributed by atoms with van der Waals surface area (Å²) in [6, 6.07) is 14.7. The standard InChI is InChI=1S/C18H12ClN3O2/c19-13-7-5-12(6-8-13)17-10-20-18(24-17)11-22-15-4-2-1-3-14(15)16(23)9-21-22/h1-10H,11H2. The molecule has 0 aliphatic rings. The van der Waals surface area contributed by atoms with Crippen LogP contribution in [0.3, 0.4) is 0 Å². The lowest BCUT2D eigenvalue weighted by Crippen LogP contribution is -2.12. The molecule has 24 heavy (non-hydrogen) atoms. The Morgan fingerprint density at radius 1 is 1.04 bits per heavy atom. The quantitative estimate of drug-likeness (QED) is 0.571. The number of para-hydroxylation sites is 1. The van der Waals surface area contributed by atoms with Gasteiger partial charge < -0.3 is 4.42 Å². The van der Waals surface area contributed by atoms with Crippen LogP contribution in [0.15, 0.2) is 70.1 Å². The second kappa shape index (κ2) is 5.94. The van der Waals surface area contributed by atoms with E-state index in [1.54, 1.807) is 29.1 Å². The van der Waals surface area contributed by atoms with E-state index in [1.165, 1.54) is 6.20 Å². The molecule has 0 fully saturated rings. The second-order valence-corrected chi connectivity index (χ2v) is 5.75. The van der Waals surface area contributed by atoms with Crippen molar-refractivity contribution in [3.8, 4) is 11.3 Å². The molecule has 0 saturated carbocycles. The Balaban J connectivity index is 1.69. The average molecular weight is 338 g/mol. The molecule has 0 N–H and O–H groups in total. The van der Waals surface area contributed by atoms with Gasteiger partial charge in [-0.2, -0.15) is 5.10 Å². The molecule has 2 aromatic carbocycles. The van der Waals surface area contributed by atoms with Gasteiger partial charge in [-0.15, -0.1) is 0 Å². The fraction of sp³-hybridized carbons (Fsp3) is 0.0556. The van der Waals surface area contributed by atoms with E-state index in [2.05, 4.69) is 10.1 Å². The summed E-state index contributed by atoms with van der Waals surface area (Å²) < 4.78 is 7.50. The Morgan fingerprint density at radius 2 is 1.83 bits per heavy atom. The van der Waals surface area contributed by atoms with Crippen molar-refractivity contribution in [2.24, 2.45) is 0 Å². The van der Waals surface area contributed by atoms with E-state index < -0.39 is 0 Å². The van der Waals surface area contributed by atoms with Crippen LogP contribution in [-0.2, 0) is 6.54 Å². The molecule has 0 spiro atoms. The van der Waals surface area contributed by atoms with Gasteiger partial charge in [0, 0.05) is 16.0 Å². The molecule has 0 radical (unpaired) electrons. The van der Waals surface area contributed by atoms with Gasteiger partial charge in [-0.3, -0.25) is 9.48 Å². The molecule has 2 aromatic heterocycles. The number of fused-ring (bicyclic) bond motifs is 1. The maximum absolute atomic E-state index is 11.9. The monoisotopic (exact) mass is 337 g/mol. The molecule has 0 atom stereocenters. The predicted octanol–water partition coefficient (Wildman–Crippen LogP) is 3.75. The number of nitrogens with zero attached hydrogens (tertiary/aromatic N) is 3. The SMILES string of the molecule is O=c1cnn(Cc2ncc(-c3ccc(Cl)cc3)o2)c2ccccc12. The van der Waals surface area contributed by atoms with Crippen molar-refractivity contribution < 1.29 is 4.42 Å². The smallest absolute Gasteiger partial charge is 0.216 e. The summed E-state index contributed by atoms with van der Waals surface area (Å²) >= 11 is 5.90. The van der Waals surface area contributed by atoms with E-state index in [-0.39, 0.29) is 5.43 Å². The second-order valence-electron chi connectivity index (χ2n) is 5.31. The van der Waals surface area contributed by atoms with Gasteiger partial charge in [0.1, 0.15) is 6.54 Å². The maximum Gasteiger partial charge on any atom is 0.216 e. The Bertz CT molecular complexity index is 1070. The lowest BCUT2D eigenvalue weighted by Gasteiger charge is -2.06. The van der Waals surface area contributed by atoms with Gasteiger partial charge in [0.15, 0.2) is 5.76 Å². The highest BCUT2D eigenvalue weighted by molar-refractivity contribution is 6.30. The summed E-state index contributed by atoms with van der Waals surface area (Å²) in [6.07, 6.45) is 2.98. The molecular formula is C18H12ClN3O2. The summed E-state index contributed by atoms with van der Waals surface area (Å²) in [5, 5.41) is 5.47. The van der Waals surface area contributed by atoms with Gasteiger partial charge >= 0.3 is 0 Å². The predicted molar refractivity (Wildman–Crippen MR) is 92.1 cm³/mol. The lowest BCUT2D eigenvalue weighted by molar-refractivity contribution is 0.477. The minimum atomic E-state index is -0.101.